The van der Waals surface area contributed by atoms with Crippen molar-refractivity contribution in [2.45, 2.75) is 71.4 Å². The van der Waals surface area contributed by atoms with Crippen LogP contribution in [0.2, 0.25) is 0 Å². The molecule has 0 radical (unpaired) electrons. The molecule has 3 N–H and O–H groups in total. The Kier molecular flexibility index (Phi) is 10.5. The number of alkyl carbamates (subject to hydrolysis) is 1. The van der Waals surface area contributed by atoms with Gasteiger partial charge in [-0.2, -0.15) is 0 Å². The molecule has 138 valence electrons. The molecule has 0 fully saturated rings. The number of amides is 2. The predicted octanol–water partition coefficient (Wildman–Crippen LogP) is 2.61. The zero-order valence-corrected chi connectivity index (χ0v) is 15.1. The van der Waals surface area contributed by atoms with Crippen molar-refractivity contribution in [2.75, 3.05) is 6.54 Å². The van der Waals surface area contributed by atoms with Crippen LogP contribution in [0.25, 0.3) is 0 Å². The molecule has 0 aromatic carbocycles. The minimum atomic E-state index is -1.10. The highest BCUT2D eigenvalue weighted by Gasteiger charge is 2.23. The second-order valence-corrected chi connectivity index (χ2v) is 6.49. The second-order valence-electron chi connectivity index (χ2n) is 6.49. The van der Waals surface area contributed by atoms with Crippen molar-refractivity contribution in [3.05, 3.63) is 12.2 Å². The number of rotatable bonds is 10. The lowest BCUT2D eigenvalue weighted by Gasteiger charge is -2.22. The van der Waals surface area contributed by atoms with E-state index in [0.29, 0.717) is 32.2 Å². The molecule has 0 bridgehead atoms. The van der Waals surface area contributed by atoms with Gasteiger partial charge < -0.3 is 20.5 Å². The molecule has 0 unspecified atom stereocenters. The molecule has 0 rings (SSSR count). The topological polar surface area (TPSA) is 105 Å². The third-order valence-corrected chi connectivity index (χ3v) is 3.00. The van der Waals surface area contributed by atoms with Crippen LogP contribution in [0.15, 0.2) is 12.2 Å². The highest BCUT2D eigenvalue weighted by atomic mass is 16.6. The van der Waals surface area contributed by atoms with E-state index in [2.05, 4.69) is 10.6 Å². The zero-order chi connectivity index (χ0) is 18.6. The maximum Gasteiger partial charge on any atom is 0.408 e. The van der Waals surface area contributed by atoms with Crippen molar-refractivity contribution in [3.8, 4) is 0 Å². The van der Waals surface area contributed by atoms with E-state index in [9.17, 15) is 14.4 Å². The van der Waals surface area contributed by atoms with Crippen molar-refractivity contribution in [1.29, 1.82) is 0 Å². The summed E-state index contributed by atoms with van der Waals surface area (Å²) in [6.45, 7) is 7.53. The van der Waals surface area contributed by atoms with Gasteiger partial charge >= 0.3 is 12.1 Å². The first kappa shape index (κ1) is 21.9. The SMILES string of the molecule is C/C=C/CCC(=O)NCCCC[C@H](NC(=O)OC(C)(C)C)C(=O)O. The number of carboxylic acid groups (broad SMARTS) is 1. The van der Waals surface area contributed by atoms with Gasteiger partial charge in [-0.05, 0) is 53.4 Å². The van der Waals surface area contributed by atoms with Gasteiger partial charge in [-0.15, -0.1) is 0 Å². The van der Waals surface area contributed by atoms with E-state index in [1.54, 1.807) is 20.8 Å². The predicted molar refractivity (Wildman–Crippen MR) is 91.7 cm³/mol. The molecule has 0 aliphatic heterocycles. The summed E-state index contributed by atoms with van der Waals surface area (Å²) in [4.78, 5) is 34.3. The summed E-state index contributed by atoms with van der Waals surface area (Å²) in [5, 5.41) is 14.3. The van der Waals surface area contributed by atoms with Gasteiger partial charge in [-0.1, -0.05) is 12.2 Å². The van der Waals surface area contributed by atoms with Crippen LogP contribution >= 0.6 is 0 Å². The number of hydrogen-bond acceptors (Lipinski definition) is 4. The highest BCUT2D eigenvalue weighted by molar-refractivity contribution is 5.80. The molecular formula is C17H30N2O5. The van der Waals surface area contributed by atoms with Crippen LogP contribution in [0, 0.1) is 0 Å². The number of aliphatic carboxylic acids is 1. The first-order chi connectivity index (χ1) is 11.2. The van der Waals surface area contributed by atoms with Gasteiger partial charge in [0.25, 0.3) is 0 Å². The van der Waals surface area contributed by atoms with Crippen LogP contribution in [0.5, 0.6) is 0 Å². The molecule has 2 amide bonds. The normalized spacial score (nSPS) is 12.7. The maximum absolute atomic E-state index is 11.6. The number of unbranched alkanes of at least 4 members (excludes halogenated alkanes) is 1. The van der Waals surface area contributed by atoms with E-state index in [4.69, 9.17) is 9.84 Å². The number of nitrogens with one attached hydrogen (secondary N) is 2. The summed E-state index contributed by atoms with van der Waals surface area (Å²) >= 11 is 0. The van der Waals surface area contributed by atoms with Gasteiger partial charge in [0.2, 0.25) is 5.91 Å². The smallest absolute Gasteiger partial charge is 0.408 e. The molecule has 0 saturated heterocycles. The Balaban J connectivity index is 4.00. The largest absolute Gasteiger partial charge is 0.480 e. The minimum absolute atomic E-state index is 0.0187. The van der Waals surface area contributed by atoms with Crippen LogP contribution in [0.1, 0.15) is 59.8 Å². The summed E-state index contributed by atoms with van der Waals surface area (Å²) in [6, 6.07) is -0.995. The van der Waals surface area contributed by atoms with E-state index < -0.39 is 23.7 Å². The summed E-state index contributed by atoms with van der Waals surface area (Å²) in [6.07, 6.45) is 5.74. The Morgan fingerprint density at radius 2 is 1.88 bits per heavy atom. The fraction of sp³-hybridized carbons (Fsp3) is 0.706. The Hall–Kier alpha value is -2.05. The van der Waals surface area contributed by atoms with Crippen LogP contribution < -0.4 is 10.6 Å². The Morgan fingerprint density at radius 3 is 2.42 bits per heavy atom. The van der Waals surface area contributed by atoms with Crippen LogP contribution in [0.3, 0.4) is 0 Å². The molecule has 1 atom stereocenters. The number of carbonyl (C=O) groups is 3. The molecule has 7 nitrogen and oxygen atoms in total. The van der Waals surface area contributed by atoms with Gasteiger partial charge in [-0.25, -0.2) is 9.59 Å². The van der Waals surface area contributed by atoms with E-state index in [-0.39, 0.29) is 12.3 Å². The number of hydrogen-bond donors (Lipinski definition) is 3. The first-order valence-electron chi connectivity index (χ1n) is 8.26. The Morgan fingerprint density at radius 1 is 1.21 bits per heavy atom. The molecular weight excluding hydrogens is 312 g/mol. The summed E-state index contributed by atoms with van der Waals surface area (Å²) in [7, 11) is 0. The fourth-order valence-electron chi connectivity index (χ4n) is 1.88. The van der Waals surface area contributed by atoms with E-state index in [1.165, 1.54) is 0 Å². The molecule has 0 spiro atoms. The average molecular weight is 342 g/mol. The number of ether oxygens (including phenoxy) is 1. The Bertz CT molecular complexity index is 441. The standard InChI is InChI=1S/C17H30N2O5/c1-5-6-7-11-14(20)18-12-9-8-10-13(15(21)22)19-16(23)24-17(2,3)4/h5-6,13H,7-12H2,1-4H3,(H,18,20)(H,19,23)(H,21,22)/b6-5+/t13-/m0/s1. The van der Waals surface area contributed by atoms with Crippen molar-refractivity contribution in [3.63, 3.8) is 0 Å². The second kappa shape index (κ2) is 11.5. The number of allylic oxidation sites excluding steroid dienone is 2. The fourth-order valence-corrected chi connectivity index (χ4v) is 1.88. The molecule has 7 heteroatoms. The van der Waals surface area contributed by atoms with Gasteiger partial charge in [-0.3, -0.25) is 4.79 Å². The molecule has 0 aliphatic carbocycles. The molecule has 0 aromatic rings. The van der Waals surface area contributed by atoms with Gasteiger partial charge in [0.15, 0.2) is 0 Å². The van der Waals surface area contributed by atoms with Gasteiger partial charge in [0.1, 0.15) is 11.6 Å². The van der Waals surface area contributed by atoms with E-state index >= 15 is 0 Å². The van der Waals surface area contributed by atoms with Crippen LogP contribution in [-0.2, 0) is 14.3 Å². The summed E-state index contributed by atoms with van der Waals surface area (Å²) in [5.74, 6) is -1.12. The quantitative estimate of drug-likeness (QED) is 0.418. The summed E-state index contributed by atoms with van der Waals surface area (Å²) in [5.41, 5.74) is -0.676. The summed E-state index contributed by atoms with van der Waals surface area (Å²) < 4.78 is 5.05. The first-order valence-corrected chi connectivity index (χ1v) is 8.26. The monoisotopic (exact) mass is 342 g/mol. The number of carbonyl (C=O) groups excluding carboxylic acids is 2. The third-order valence-electron chi connectivity index (χ3n) is 3.00. The molecule has 0 heterocycles. The van der Waals surface area contributed by atoms with Crippen molar-refractivity contribution >= 4 is 18.0 Å². The van der Waals surface area contributed by atoms with E-state index in [1.807, 2.05) is 19.1 Å². The lowest BCUT2D eigenvalue weighted by atomic mass is 10.1. The highest BCUT2D eigenvalue weighted by Crippen LogP contribution is 2.08. The average Bonchev–Trinajstić information content (AvgIpc) is 2.43. The molecule has 0 saturated carbocycles. The minimum Gasteiger partial charge on any atom is -0.480 e. The van der Waals surface area contributed by atoms with Gasteiger partial charge in [0.05, 0.1) is 0 Å². The lowest BCUT2D eigenvalue weighted by molar-refractivity contribution is -0.139. The maximum atomic E-state index is 11.6. The van der Waals surface area contributed by atoms with Crippen molar-refractivity contribution in [2.24, 2.45) is 0 Å². The molecule has 24 heavy (non-hydrogen) atoms. The lowest BCUT2D eigenvalue weighted by Crippen LogP contribution is -2.43. The van der Waals surface area contributed by atoms with Crippen LogP contribution in [0.4, 0.5) is 4.79 Å². The van der Waals surface area contributed by atoms with Crippen LogP contribution in [-0.4, -0.2) is 41.3 Å². The third kappa shape index (κ3) is 12.5. The van der Waals surface area contributed by atoms with E-state index in [0.717, 1.165) is 0 Å². The van der Waals surface area contributed by atoms with Gasteiger partial charge in [0, 0.05) is 13.0 Å². The van der Waals surface area contributed by atoms with Crippen molar-refractivity contribution < 1.29 is 24.2 Å². The number of carboxylic acids is 1. The zero-order valence-electron chi connectivity index (χ0n) is 15.1. The van der Waals surface area contributed by atoms with Crippen molar-refractivity contribution in [1.82, 2.24) is 10.6 Å². The molecule has 0 aromatic heterocycles. The Labute approximate surface area is 143 Å². The molecule has 0 aliphatic rings.